The summed E-state index contributed by atoms with van der Waals surface area (Å²) in [4.78, 5) is 0. The average molecular weight is 158 g/mol. The van der Waals surface area contributed by atoms with Gasteiger partial charge in [-0.1, -0.05) is 26.8 Å². The fourth-order valence-electron chi connectivity index (χ4n) is 0.559. The number of ether oxygens (including phenoxy) is 1. The Morgan fingerprint density at radius 2 is 2.18 bits per heavy atom. The minimum atomic E-state index is -0.689. The number of rotatable bonds is 5. The zero-order chi connectivity index (χ0) is 8.91. The lowest BCUT2D eigenvalue weighted by Crippen LogP contribution is -2.31. The highest BCUT2D eigenvalue weighted by atomic mass is 16.6. The van der Waals surface area contributed by atoms with Crippen LogP contribution < -0.4 is 0 Å². The van der Waals surface area contributed by atoms with E-state index in [-0.39, 0.29) is 5.41 Å². The summed E-state index contributed by atoms with van der Waals surface area (Å²) in [6.07, 6.45) is 1.84. The third kappa shape index (κ3) is 3.54. The van der Waals surface area contributed by atoms with Crippen LogP contribution in [0.1, 0.15) is 27.2 Å². The molecular formula is C9H18O2. The van der Waals surface area contributed by atoms with E-state index in [0.717, 1.165) is 6.42 Å². The van der Waals surface area contributed by atoms with Crippen LogP contribution in [-0.2, 0) is 4.74 Å². The van der Waals surface area contributed by atoms with Crippen LogP contribution in [0.2, 0.25) is 0 Å². The van der Waals surface area contributed by atoms with Crippen LogP contribution in [0.4, 0.5) is 0 Å². The molecular weight excluding hydrogens is 140 g/mol. The van der Waals surface area contributed by atoms with E-state index < -0.39 is 6.29 Å². The predicted molar refractivity (Wildman–Crippen MR) is 46.2 cm³/mol. The number of hydrogen-bond acceptors (Lipinski definition) is 2. The summed E-state index contributed by atoms with van der Waals surface area (Å²) in [5.41, 5.74) is -0.164. The van der Waals surface area contributed by atoms with Gasteiger partial charge in [0, 0.05) is 5.41 Å². The maximum absolute atomic E-state index is 9.44. The third-order valence-corrected chi connectivity index (χ3v) is 1.95. The first-order chi connectivity index (χ1) is 5.04. The van der Waals surface area contributed by atoms with Gasteiger partial charge in [0.2, 0.25) is 0 Å². The molecule has 0 aliphatic rings. The second-order valence-corrected chi connectivity index (χ2v) is 3.32. The lowest BCUT2D eigenvalue weighted by atomic mass is 9.90. The number of aliphatic hydroxyl groups excluding tert-OH is 1. The van der Waals surface area contributed by atoms with Gasteiger partial charge in [-0.25, -0.2) is 0 Å². The Morgan fingerprint density at radius 3 is 2.55 bits per heavy atom. The van der Waals surface area contributed by atoms with E-state index in [9.17, 15) is 5.11 Å². The highest BCUT2D eigenvalue weighted by Crippen LogP contribution is 2.25. The first-order valence-corrected chi connectivity index (χ1v) is 3.95. The Hall–Kier alpha value is -0.340. The first-order valence-electron chi connectivity index (χ1n) is 3.95. The van der Waals surface area contributed by atoms with Gasteiger partial charge in [-0.2, -0.15) is 0 Å². The molecule has 0 spiro atoms. The summed E-state index contributed by atoms with van der Waals surface area (Å²) in [7, 11) is 0. The maximum atomic E-state index is 9.44. The molecule has 0 saturated carbocycles. The molecule has 1 N–H and O–H groups in total. The molecule has 2 heteroatoms. The molecule has 0 fully saturated rings. The summed E-state index contributed by atoms with van der Waals surface area (Å²) >= 11 is 0. The van der Waals surface area contributed by atoms with Crippen molar-refractivity contribution in [3.8, 4) is 0 Å². The smallest absolute Gasteiger partial charge is 0.160 e. The molecule has 1 unspecified atom stereocenters. The van der Waals surface area contributed by atoms with Crippen molar-refractivity contribution in [1.29, 1.82) is 0 Å². The van der Waals surface area contributed by atoms with Crippen LogP contribution in [0.25, 0.3) is 0 Å². The van der Waals surface area contributed by atoms with Crippen LogP contribution in [0.5, 0.6) is 0 Å². The largest absolute Gasteiger partial charge is 0.367 e. The number of aliphatic hydroxyl groups is 1. The van der Waals surface area contributed by atoms with Crippen LogP contribution in [0.15, 0.2) is 12.7 Å². The summed E-state index contributed by atoms with van der Waals surface area (Å²) < 4.78 is 5.08. The Balaban J connectivity index is 3.80. The van der Waals surface area contributed by atoms with Gasteiger partial charge in [0.15, 0.2) is 6.29 Å². The SMILES string of the molecule is C=CCOC(O)C(C)(C)CC. The van der Waals surface area contributed by atoms with Gasteiger partial charge in [0.05, 0.1) is 6.61 Å². The van der Waals surface area contributed by atoms with E-state index in [0.29, 0.717) is 6.61 Å². The molecule has 0 rings (SSSR count). The molecule has 66 valence electrons. The summed E-state index contributed by atoms with van der Waals surface area (Å²) in [6, 6.07) is 0. The number of hydrogen-bond donors (Lipinski definition) is 1. The van der Waals surface area contributed by atoms with Gasteiger partial charge in [-0.3, -0.25) is 0 Å². The first kappa shape index (κ1) is 10.7. The average Bonchev–Trinajstić information content (AvgIpc) is 2.00. The van der Waals surface area contributed by atoms with E-state index in [4.69, 9.17) is 4.74 Å². The minimum absolute atomic E-state index is 0.164. The monoisotopic (exact) mass is 158 g/mol. The van der Waals surface area contributed by atoms with Crippen molar-refractivity contribution < 1.29 is 9.84 Å². The molecule has 0 heterocycles. The van der Waals surface area contributed by atoms with Gasteiger partial charge < -0.3 is 9.84 Å². The fraction of sp³-hybridized carbons (Fsp3) is 0.778. The summed E-state index contributed by atoms with van der Waals surface area (Å²) in [5.74, 6) is 0. The van der Waals surface area contributed by atoms with Gasteiger partial charge in [-0.05, 0) is 6.42 Å². The van der Waals surface area contributed by atoms with Crippen molar-refractivity contribution in [1.82, 2.24) is 0 Å². The van der Waals surface area contributed by atoms with Crippen molar-refractivity contribution in [3.63, 3.8) is 0 Å². The standard InChI is InChI=1S/C9H18O2/c1-5-7-11-8(10)9(3,4)6-2/h5,8,10H,1,6-7H2,2-4H3. The molecule has 0 aromatic rings. The molecule has 0 radical (unpaired) electrons. The molecule has 11 heavy (non-hydrogen) atoms. The van der Waals surface area contributed by atoms with E-state index >= 15 is 0 Å². The molecule has 0 bridgehead atoms. The molecule has 0 aliphatic carbocycles. The van der Waals surface area contributed by atoms with Crippen LogP contribution in [-0.4, -0.2) is 18.0 Å². The van der Waals surface area contributed by atoms with E-state index in [1.807, 2.05) is 20.8 Å². The Labute approximate surface area is 68.9 Å². The van der Waals surface area contributed by atoms with Crippen molar-refractivity contribution >= 4 is 0 Å². The lowest BCUT2D eigenvalue weighted by molar-refractivity contribution is -0.157. The van der Waals surface area contributed by atoms with Crippen LogP contribution in [0.3, 0.4) is 0 Å². The molecule has 0 amide bonds. The second-order valence-electron chi connectivity index (χ2n) is 3.32. The van der Waals surface area contributed by atoms with E-state index in [1.165, 1.54) is 0 Å². The Kier molecular flexibility index (Phi) is 4.38. The molecule has 0 aliphatic heterocycles. The summed E-state index contributed by atoms with van der Waals surface area (Å²) in [5, 5.41) is 9.44. The Morgan fingerprint density at radius 1 is 1.64 bits per heavy atom. The van der Waals surface area contributed by atoms with Gasteiger partial charge >= 0.3 is 0 Å². The molecule has 2 nitrogen and oxygen atoms in total. The van der Waals surface area contributed by atoms with Crippen LogP contribution >= 0.6 is 0 Å². The van der Waals surface area contributed by atoms with Gasteiger partial charge in [-0.15, -0.1) is 6.58 Å². The van der Waals surface area contributed by atoms with E-state index in [1.54, 1.807) is 6.08 Å². The van der Waals surface area contributed by atoms with Crippen molar-refractivity contribution in [2.45, 2.75) is 33.5 Å². The lowest BCUT2D eigenvalue weighted by Gasteiger charge is -2.28. The summed E-state index contributed by atoms with van der Waals surface area (Å²) in [6.45, 7) is 9.89. The topological polar surface area (TPSA) is 29.5 Å². The normalized spacial score (nSPS) is 14.5. The fourth-order valence-corrected chi connectivity index (χ4v) is 0.559. The highest BCUT2D eigenvalue weighted by molar-refractivity contribution is 4.72. The molecule has 1 atom stereocenters. The van der Waals surface area contributed by atoms with E-state index in [2.05, 4.69) is 6.58 Å². The molecule has 0 aromatic carbocycles. The zero-order valence-electron chi connectivity index (χ0n) is 7.63. The predicted octanol–water partition coefficient (Wildman–Crippen LogP) is 1.94. The quantitative estimate of drug-likeness (QED) is 0.489. The van der Waals surface area contributed by atoms with Crippen molar-refractivity contribution in [3.05, 3.63) is 12.7 Å². The third-order valence-electron chi connectivity index (χ3n) is 1.95. The van der Waals surface area contributed by atoms with Gasteiger partial charge in [0.1, 0.15) is 0 Å². The van der Waals surface area contributed by atoms with Crippen molar-refractivity contribution in [2.24, 2.45) is 5.41 Å². The van der Waals surface area contributed by atoms with Crippen LogP contribution in [0, 0.1) is 5.41 Å². The molecule has 0 saturated heterocycles. The van der Waals surface area contributed by atoms with Gasteiger partial charge in [0.25, 0.3) is 0 Å². The minimum Gasteiger partial charge on any atom is -0.367 e. The highest BCUT2D eigenvalue weighted by Gasteiger charge is 2.25. The molecule has 0 aromatic heterocycles. The zero-order valence-corrected chi connectivity index (χ0v) is 7.63. The Bertz CT molecular complexity index is 119. The van der Waals surface area contributed by atoms with Crippen molar-refractivity contribution in [2.75, 3.05) is 6.61 Å². The second kappa shape index (κ2) is 4.52. The maximum Gasteiger partial charge on any atom is 0.160 e.